The minimum absolute atomic E-state index is 0.207. The molecule has 3 aromatic rings. The van der Waals surface area contributed by atoms with Crippen molar-refractivity contribution in [3.63, 3.8) is 0 Å². The first-order valence-electron chi connectivity index (χ1n) is 10.3. The predicted octanol–water partition coefficient (Wildman–Crippen LogP) is 4.18. The number of amides is 2. The normalized spacial score (nSPS) is 13.6. The van der Waals surface area contributed by atoms with Crippen LogP contribution in [0.5, 0.6) is 0 Å². The summed E-state index contributed by atoms with van der Waals surface area (Å²) >= 11 is 0. The van der Waals surface area contributed by atoms with Crippen LogP contribution in [0.15, 0.2) is 47.1 Å². The molecule has 0 atom stereocenters. The van der Waals surface area contributed by atoms with Gasteiger partial charge in [-0.25, -0.2) is 9.78 Å². The van der Waals surface area contributed by atoms with Crippen molar-refractivity contribution in [3.8, 4) is 11.5 Å². The molecule has 2 aromatic heterocycles. The number of carbonyl (C=O) groups excluding carboxylic acids is 1. The molecule has 0 spiro atoms. The minimum atomic E-state index is -0.262. The van der Waals surface area contributed by atoms with Crippen LogP contribution >= 0.6 is 0 Å². The van der Waals surface area contributed by atoms with E-state index in [-0.39, 0.29) is 11.9 Å². The summed E-state index contributed by atoms with van der Waals surface area (Å²) in [4.78, 5) is 23.4. The standard InChI is InChI=1S/C22H26N6O2/c1-15(2)20-26-21(30-27-20)17-5-7-18(8-6-17)25-22(29)24-14-16-9-10-23-19(13-16)28-11-3-4-12-28/h5-10,13,15H,3-4,11-12,14H2,1-2H3,(H2,24,25,29). The highest BCUT2D eigenvalue weighted by molar-refractivity contribution is 5.89. The maximum Gasteiger partial charge on any atom is 0.319 e. The number of benzene rings is 1. The van der Waals surface area contributed by atoms with Crippen molar-refractivity contribution >= 4 is 17.5 Å². The topological polar surface area (TPSA) is 96.2 Å². The van der Waals surface area contributed by atoms with Gasteiger partial charge in [-0.2, -0.15) is 4.98 Å². The molecule has 3 heterocycles. The monoisotopic (exact) mass is 406 g/mol. The predicted molar refractivity (Wildman–Crippen MR) is 115 cm³/mol. The molecule has 1 aromatic carbocycles. The lowest BCUT2D eigenvalue weighted by molar-refractivity contribution is 0.251. The van der Waals surface area contributed by atoms with Gasteiger partial charge in [0.15, 0.2) is 5.82 Å². The number of hydrogen-bond donors (Lipinski definition) is 2. The van der Waals surface area contributed by atoms with Crippen LogP contribution in [0.25, 0.3) is 11.5 Å². The van der Waals surface area contributed by atoms with E-state index in [0.717, 1.165) is 30.0 Å². The van der Waals surface area contributed by atoms with Gasteiger partial charge in [-0.05, 0) is 54.8 Å². The third-order valence-electron chi connectivity index (χ3n) is 5.04. The Morgan fingerprint density at radius 3 is 2.63 bits per heavy atom. The van der Waals surface area contributed by atoms with Crippen molar-refractivity contribution in [2.75, 3.05) is 23.3 Å². The number of anilines is 2. The lowest BCUT2D eigenvalue weighted by Gasteiger charge is -2.17. The molecule has 1 saturated heterocycles. The molecule has 2 N–H and O–H groups in total. The first-order valence-corrected chi connectivity index (χ1v) is 10.3. The average Bonchev–Trinajstić information content (AvgIpc) is 3.45. The van der Waals surface area contributed by atoms with E-state index >= 15 is 0 Å². The molecule has 1 fully saturated rings. The van der Waals surface area contributed by atoms with Gasteiger partial charge in [-0.15, -0.1) is 0 Å². The van der Waals surface area contributed by atoms with Crippen molar-refractivity contribution in [1.29, 1.82) is 0 Å². The highest BCUT2D eigenvalue weighted by Crippen LogP contribution is 2.22. The lowest BCUT2D eigenvalue weighted by atomic mass is 10.2. The van der Waals surface area contributed by atoms with Gasteiger partial charge in [0.2, 0.25) is 0 Å². The van der Waals surface area contributed by atoms with Crippen LogP contribution in [-0.4, -0.2) is 34.2 Å². The smallest absolute Gasteiger partial charge is 0.319 e. The first-order chi connectivity index (χ1) is 14.6. The molecule has 1 aliphatic rings. The summed E-state index contributed by atoms with van der Waals surface area (Å²) in [7, 11) is 0. The second-order valence-corrected chi connectivity index (χ2v) is 7.71. The number of pyridine rings is 1. The van der Waals surface area contributed by atoms with E-state index < -0.39 is 0 Å². The first kappa shape index (κ1) is 19.9. The van der Waals surface area contributed by atoms with E-state index in [0.29, 0.717) is 23.9 Å². The Hall–Kier alpha value is -3.42. The quantitative estimate of drug-likeness (QED) is 0.638. The van der Waals surface area contributed by atoms with Crippen molar-refractivity contribution in [1.82, 2.24) is 20.4 Å². The van der Waals surface area contributed by atoms with E-state index in [1.165, 1.54) is 12.8 Å². The molecule has 156 valence electrons. The Bertz CT molecular complexity index is 993. The summed E-state index contributed by atoms with van der Waals surface area (Å²) in [5.74, 6) is 2.33. The molecule has 4 rings (SSSR count). The summed E-state index contributed by atoms with van der Waals surface area (Å²) in [6.07, 6.45) is 4.21. The zero-order valence-corrected chi connectivity index (χ0v) is 17.3. The van der Waals surface area contributed by atoms with Crippen molar-refractivity contribution < 1.29 is 9.32 Å². The molecule has 0 saturated carbocycles. The third-order valence-corrected chi connectivity index (χ3v) is 5.04. The number of nitrogens with zero attached hydrogens (tertiary/aromatic N) is 4. The van der Waals surface area contributed by atoms with Crippen molar-refractivity contribution in [3.05, 3.63) is 54.0 Å². The summed E-state index contributed by atoms with van der Waals surface area (Å²) in [5.41, 5.74) is 2.52. The van der Waals surface area contributed by atoms with Crippen LogP contribution in [0.2, 0.25) is 0 Å². The summed E-state index contributed by atoms with van der Waals surface area (Å²) in [5, 5.41) is 9.71. The third kappa shape index (κ3) is 4.76. The lowest BCUT2D eigenvalue weighted by Crippen LogP contribution is -2.28. The molecule has 2 amide bonds. The molecule has 8 nitrogen and oxygen atoms in total. The molecular weight excluding hydrogens is 380 g/mol. The van der Waals surface area contributed by atoms with Crippen molar-refractivity contribution in [2.45, 2.75) is 39.2 Å². The van der Waals surface area contributed by atoms with Crippen LogP contribution in [-0.2, 0) is 6.54 Å². The minimum Gasteiger partial charge on any atom is -0.357 e. The van der Waals surface area contributed by atoms with Crippen molar-refractivity contribution in [2.24, 2.45) is 0 Å². The Morgan fingerprint density at radius 1 is 1.17 bits per heavy atom. The van der Waals surface area contributed by atoms with Gasteiger partial charge in [0.25, 0.3) is 5.89 Å². The van der Waals surface area contributed by atoms with Gasteiger partial charge in [0.05, 0.1) is 0 Å². The van der Waals surface area contributed by atoms with Gasteiger partial charge < -0.3 is 20.1 Å². The highest BCUT2D eigenvalue weighted by Gasteiger charge is 2.14. The largest absolute Gasteiger partial charge is 0.357 e. The van der Waals surface area contributed by atoms with E-state index in [9.17, 15) is 4.79 Å². The molecule has 0 bridgehead atoms. The fourth-order valence-corrected chi connectivity index (χ4v) is 3.33. The van der Waals surface area contributed by atoms with E-state index in [1.807, 2.05) is 50.2 Å². The number of hydrogen-bond acceptors (Lipinski definition) is 6. The van der Waals surface area contributed by atoms with Crippen LogP contribution in [0.4, 0.5) is 16.3 Å². The molecule has 8 heteroatoms. The fourth-order valence-electron chi connectivity index (χ4n) is 3.33. The molecule has 30 heavy (non-hydrogen) atoms. The number of aromatic nitrogens is 3. The fraction of sp³-hybridized carbons (Fsp3) is 0.364. The number of carbonyl (C=O) groups is 1. The zero-order chi connectivity index (χ0) is 20.9. The maximum absolute atomic E-state index is 12.3. The zero-order valence-electron chi connectivity index (χ0n) is 17.3. The SMILES string of the molecule is CC(C)c1noc(-c2ccc(NC(=O)NCc3ccnc(N4CCCC4)c3)cc2)n1. The molecule has 0 aliphatic carbocycles. The molecule has 0 unspecified atom stereocenters. The summed E-state index contributed by atoms with van der Waals surface area (Å²) in [6, 6.07) is 11.0. The summed E-state index contributed by atoms with van der Waals surface area (Å²) < 4.78 is 5.30. The second-order valence-electron chi connectivity index (χ2n) is 7.71. The Balaban J connectivity index is 1.31. The van der Waals surface area contributed by atoms with Crippen LogP contribution in [0.1, 0.15) is 44.0 Å². The molecule has 1 aliphatic heterocycles. The number of nitrogens with one attached hydrogen (secondary N) is 2. The van der Waals surface area contributed by atoms with Crippen LogP contribution < -0.4 is 15.5 Å². The maximum atomic E-state index is 12.3. The van der Waals surface area contributed by atoms with E-state index in [1.54, 1.807) is 6.20 Å². The van der Waals surface area contributed by atoms with E-state index in [4.69, 9.17) is 4.52 Å². The van der Waals surface area contributed by atoms with Gasteiger partial charge >= 0.3 is 6.03 Å². The summed E-state index contributed by atoms with van der Waals surface area (Å²) in [6.45, 7) is 6.55. The Morgan fingerprint density at radius 2 is 1.93 bits per heavy atom. The average molecular weight is 406 g/mol. The van der Waals surface area contributed by atoms with Crippen LogP contribution in [0.3, 0.4) is 0 Å². The van der Waals surface area contributed by atoms with Gasteiger partial charge in [0, 0.05) is 43.0 Å². The van der Waals surface area contributed by atoms with Gasteiger partial charge in [-0.1, -0.05) is 19.0 Å². The van der Waals surface area contributed by atoms with Crippen LogP contribution in [0, 0.1) is 0 Å². The molecular formula is C22H26N6O2. The number of rotatable bonds is 6. The Labute approximate surface area is 175 Å². The van der Waals surface area contributed by atoms with Gasteiger partial charge in [-0.3, -0.25) is 0 Å². The second kappa shape index (κ2) is 8.94. The van der Waals surface area contributed by atoms with E-state index in [2.05, 4.69) is 30.7 Å². The highest BCUT2D eigenvalue weighted by atomic mass is 16.5. The number of urea groups is 1. The molecule has 0 radical (unpaired) electrons. The Kier molecular flexibility index (Phi) is 5.92. The van der Waals surface area contributed by atoms with Gasteiger partial charge in [0.1, 0.15) is 5.82 Å².